The van der Waals surface area contributed by atoms with E-state index in [1.54, 1.807) is 6.20 Å². The van der Waals surface area contributed by atoms with Crippen LogP contribution in [0.2, 0.25) is 0 Å². The van der Waals surface area contributed by atoms with Gasteiger partial charge < -0.3 is 4.84 Å². The first-order valence-corrected chi connectivity index (χ1v) is 3.26. The molecule has 0 aromatic carbocycles. The van der Waals surface area contributed by atoms with Crippen molar-refractivity contribution in [1.82, 2.24) is 15.7 Å². The molecule has 0 aliphatic carbocycles. The van der Waals surface area contributed by atoms with Crippen molar-refractivity contribution in [2.24, 2.45) is 0 Å². The van der Waals surface area contributed by atoms with Gasteiger partial charge >= 0.3 is 0 Å². The normalized spacial score (nSPS) is 10.1. The average Bonchev–Trinajstić information content (AvgIpc) is 2.41. The van der Waals surface area contributed by atoms with Gasteiger partial charge in [-0.1, -0.05) is 0 Å². The van der Waals surface area contributed by atoms with E-state index < -0.39 is 0 Å². The predicted octanol–water partition coefficient (Wildman–Crippen LogP) is 0.451. The summed E-state index contributed by atoms with van der Waals surface area (Å²) < 4.78 is 0. The highest BCUT2D eigenvalue weighted by Crippen LogP contribution is 1.88. The minimum atomic E-state index is 0.674. The van der Waals surface area contributed by atoms with Gasteiger partial charge in [-0.25, -0.2) is 0 Å². The third-order valence-corrected chi connectivity index (χ3v) is 1.07. The summed E-state index contributed by atoms with van der Waals surface area (Å²) in [4.78, 5) is 4.91. The quantitative estimate of drug-likeness (QED) is 0.473. The zero-order valence-electron chi connectivity index (χ0n) is 5.92. The number of rotatable bonds is 4. The van der Waals surface area contributed by atoms with Gasteiger partial charge in [-0.15, -0.1) is 0 Å². The molecule has 2 N–H and O–H groups in total. The first kappa shape index (κ1) is 7.24. The molecule has 0 radical (unpaired) electrons. The van der Waals surface area contributed by atoms with Gasteiger partial charge in [-0.2, -0.15) is 10.6 Å². The summed E-state index contributed by atoms with van der Waals surface area (Å²) in [7, 11) is 0. The summed E-state index contributed by atoms with van der Waals surface area (Å²) >= 11 is 0. The first-order valence-electron chi connectivity index (χ1n) is 3.26. The Labute approximate surface area is 59.5 Å². The average molecular weight is 141 g/mol. The lowest BCUT2D eigenvalue weighted by molar-refractivity contribution is 0.0456. The molecule has 0 aliphatic heterocycles. The standard InChI is InChI=1S/C6H11N3O/c1-2-10-8-5-6-3-4-7-9-6/h3-4,8H,2,5H2,1H3,(H,7,9). The van der Waals surface area contributed by atoms with Crippen molar-refractivity contribution in [2.45, 2.75) is 13.5 Å². The molecule has 0 unspecified atom stereocenters. The van der Waals surface area contributed by atoms with Crippen LogP contribution in [0.25, 0.3) is 0 Å². The molecule has 0 fully saturated rings. The molecular formula is C6H11N3O. The second kappa shape index (κ2) is 4.03. The van der Waals surface area contributed by atoms with E-state index in [4.69, 9.17) is 4.84 Å². The zero-order valence-corrected chi connectivity index (χ0v) is 5.92. The molecule has 0 atom stereocenters. The monoisotopic (exact) mass is 141 g/mol. The number of aromatic amines is 1. The molecule has 0 bridgehead atoms. The Morgan fingerprint density at radius 2 is 2.70 bits per heavy atom. The largest absolute Gasteiger partial charge is 0.302 e. The molecular weight excluding hydrogens is 130 g/mol. The molecule has 0 spiro atoms. The Bertz CT molecular complexity index is 162. The molecule has 0 aliphatic rings. The molecule has 0 saturated heterocycles. The number of nitrogens with one attached hydrogen (secondary N) is 2. The third kappa shape index (κ3) is 2.16. The molecule has 1 aromatic rings. The number of hydrogen-bond donors (Lipinski definition) is 2. The summed E-state index contributed by atoms with van der Waals surface area (Å²) in [6.45, 7) is 3.28. The van der Waals surface area contributed by atoms with Gasteiger partial charge in [0.2, 0.25) is 0 Å². The van der Waals surface area contributed by atoms with E-state index in [-0.39, 0.29) is 0 Å². The van der Waals surface area contributed by atoms with Crippen LogP contribution in [0.4, 0.5) is 0 Å². The number of hydroxylamine groups is 1. The lowest BCUT2D eigenvalue weighted by Gasteiger charge is -1.99. The SMILES string of the molecule is CCONCc1ccn[nH]1. The van der Waals surface area contributed by atoms with Crippen LogP contribution in [-0.2, 0) is 11.4 Å². The van der Waals surface area contributed by atoms with E-state index in [0.29, 0.717) is 13.2 Å². The van der Waals surface area contributed by atoms with Crippen molar-refractivity contribution in [3.8, 4) is 0 Å². The zero-order chi connectivity index (χ0) is 7.23. The molecule has 56 valence electrons. The van der Waals surface area contributed by atoms with Gasteiger partial charge in [0.25, 0.3) is 0 Å². The maximum Gasteiger partial charge on any atom is 0.0654 e. The van der Waals surface area contributed by atoms with Crippen molar-refractivity contribution < 1.29 is 4.84 Å². The van der Waals surface area contributed by atoms with Crippen molar-refractivity contribution in [3.63, 3.8) is 0 Å². The minimum Gasteiger partial charge on any atom is -0.302 e. The van der Waals surface area contributed by atoms with E-state index in [9.17, 15) is 0 Å². The molecule has 1 heterocycles. The predicted molar refractivity (Wildman–Crippen MR) is 37.1 cm³/mol. The van der Waals surface area contributed by atoms with Gasteiger partial charge in [-0.3, -0.25) is 5.10 Å². The topological polar surface area (TPSA) is 49.9 Å². The maximum atomic E-state index is 4.91. The van der Waals surface area contributed by atoms with E-state index in [2.05, 4.69) is 15.7 Å². The fourth-order valence-electron chi connectivity index (χ4n) is 0.614. The second-order valence-corrected chi connectivity index (χ2v) is 1.84. The summed E-state index contributed by atoms with van der Waals surface area (Å²) in [5.74, 6) is 0. The van der Waals surface area contributed by atoms with Crippen LogP contribution < -0.4 is 5.48 Å². The fraction of sp³-hybridized carbons (Fsp3) is 0.500. The molecule has 1 rings (SSSR count). The van der Waals surface area contributed by atoms with Gasteiger partial charge in [0.05, 0.1) is 18.8 Å². The van der Waals surface area contributed by atoms with Crippen LogP contribution in [0.15, 0.2) is 12.3 Å². The highest BCUT2D eigenvalue weighted by molar-refractivity contribution is 4.95. The van der Waals surface area contributed by atoms with Crippen LogP contribution in [0, 0.1) is 0 Å². The molecule has 4 nitrogen and oxygen atoms in total. The lowest BCUT2D eigenvalue weighted by Crippen LogP contribution is -2.13. The molecule has 1 aromatic heterocycles. The van der Waals surface area contributed by atoms with Gasteiger partial charge in [-0.05, 0) is 13.0 Å². The number of H-pyrrole nitrogens is 1. The van der Waals surface area contributed by atoms with E-state index in [1.165, 1.54) is 0 Å². The van der Waals surface area contributed by atoms with Crippen LogP contribution in [0.3, 0.4) is 0 Å². The van der Waals surface area contributed by atoms with Gasteiger partial charge in [0, 0.05) is 6.20 Å². The number of hydrogen-bond acceptors (Lipinski definition) is 3. The second-order valence-electron chi connectivity index (χ2n) is 1.84. The summed E-state index contributed by atoms with van der Waals surface area (Å²) in [6.07, 6.45) is 1.71. The molecule has 4 heteroatoms. The third-order valence-electron chi connectivity index (χ3n) is 1.07. The number of aromatic nitrogens is 2. The summed E-state index contributed by atoms with van der Waals surface area (Å²) in [6, 6.07) is 1.89. The molecule has 10 heavy (non-hydrogen) atoms. The van der Waals surface area contributed by atoms with Gasteiger partial charge in [0.15, 0.2) is 0 Å². The summed E-state index contributed by atoms with van der Waals surface area (Å²) in [5.41, 5.74) is 3.79. The van der Waals surface area contributed by atoms with Crippen LogP contribution in [-0.4, -0.2) is 16.8 Å². The Hall–Kier alpha value is -0.870. The van der Waals surface area contributed by atoms with Crippen molar-refractivity contribution >= 4 is 0 Å². The van der Waals surface area contributed by atoms with E-state index >= 15 is 0 Å². The maximum absolute atomic E-state index is 4.91. The smallest absolute Gasteiger partial charge is 0.0654 e. The lowest BCUT2D eigenvalue weighted by atomic mass is 10.4. The minimum absolute atomic E-state index is 0.674. The van der Waals surface area contributed by atoms with E-state index in [0.717, 1.165) is 5.69 Å². The Kier molecular flexibility index (Phi) is 2.92. The Morgan fingerprint density at radius 1 is 1.80 bits per heavy atom. The van der Waals surface area contributed by atoms with Gasteiger partial charge in [0.1, 0.15) is 0 Å². The first-order chi connectivity index (χ1) is 4.93. The highest BCUT2D eigenvalue weighted by atomic mass is 16.6. The fourth-order valence-corrected chi connectivity index (χ4v) is 0.614. The van der Waals surface area contributed by atoms with Crippen molar-refractivity contribution in [1.29, 1.82) is 0 Å². The van der Waals surface area contributed by atoms with Crippen molar-refractivity contribution in [2.75, 3.05) is 6.61 Å². The summed E-state index contributed by atoms with van der Waals surface area (Å²) in [5, 5.41) is 6.58. The van der Waals surface area contributed by atoms with Crippen LogP contribution in [0.5, 0.6) is 0 Å². The number of nitrogens with zero attached hydrogens (tertiary/aromatic N) is 1. The Balaban J connectivity index is 2.15. The molecule has 0 saturated carbocycles. The van der Waals surface area contributed by atoms with Crippen molar-refractivity contribution in [3.05, 3.63) is 18.0 Å². The van der Waals surface area contributed by atoms with Crippen LogP contribution >= 0.6 is 0 Å². The molecule has 0 amide bonds. The van der Waals surface area contributed by atoms with E-state index in [1.807, 2.05) is 13.0 Å². The highest BCUT2D eigenvalue weighted by Gasteiger charge is 1.89. The Morgan fingerprint density at radius 3 is 3.30 bits per heavy atom. The van der Waals surface area contributed by atoms with Crippen LogP contribution in [0.1, 0.15) is 12.6 Å².